The van der Waals surface area contributed by atoms with Crippen molar-refractivity contribution >= 4 is 23.1 Å². The highest BCUT2D eigenvalue weighted by atomic mass is 35.5. The second-order valence-electron chi connectivity index (χ2n) is 6.08. The molecule has 0 heterocycles. The molecule has 3 heteroatoms. The van der Waals surface area contributed by atoms with Crippen LogP contribution in [0.4, 0.5) is 0 Å². The standard InChI is InChI=1S/C23H19ClO2/c24-22-14-7-17(8-15-22)6-9-21(16-23(25)26)20-12-10-19(11-13-20)18-4-2-1-3-5-18/h1-5,7-8,10-16H,6,9H2,(H,25,26). The van der Waals surface area contributed by atoms with Crippen molar-refractivity contribution < 1.29 is 9.90 Å². The molecule has 0 amide bonds. The van der Waals surface area contributed by atoms with Crippen LogP contribution in [-0.4, -0.2) is 11.1 Å². The predicted octanol–water partition coefficient (Wildman–Crippen LogP) is 6.11. The van der Waals surface area contributed by atoms with Crippen LogP contribution in [0.3, 0.4) is 0 Å². The van der Waals surface area contributed by atoms with Gasteiger partial charge in [-0.3, -0.25) is 0 Å². The van der Waals surface area contributed by atoms with Gasteiger partial charge in [0.2, 0.25) is 0 Å². The van der Waals surface area contributed by atoms with Gasteiger partial charge in [-0.15, -0.1) is 0 Å². The molecule has 0 aliphatic carbocycles. The van der Waals surface area contributed by atoms with Gasteiger partial charge in [0.05, 0.1) is 0 Å². The molecular weight excluding hydrogens is 344 g/mol. The number of hydrogen-bond acceptors (Lipinski definition) is 1. The van der Waals surface area contributed by atoms with Crippen LogP contribution in [0.5, 0.6) is 0 Å². The van der Waals surface area contributed by atoms with Crippen molar-refractivity contribution in [3.63, 3.8) is 0 Å². The molecule has 0 aromatic heterocycles. The molecule has 0 spiro atoms. The molecule has 0 aliphatic rings. The number of benzene rings is 3. The summed E-state index contributed by atoms with van der Waals surface area (Å²) in [7, 11) is 0. The van der Waals surface area contributed by atoms with Crippen LogP contribution in [0, 0.1) is 0 Å². The number of halogens is 1. The number of carboxylic acid groups (broad SMARTS) is 1. The molecule has 0 saturated carbocycles. The van der Waals surface area contributed by atoms with E-state index in [1.807, 2.05) is 66.7 Å². The highest BCUT2D eigenvalue weighted by Gasteiger charge is 2.06. The topological polar surface area (TPSA) is 37.3 Å². The molecule has 1 N–H and O–H groups in total. The van der Waals surface area contributed by atoms with E-state index in [1.165, 1.54) is 6.08 Å². The SMILES string of the molecule is O=C(O)C=C(CCc1ccc(Cl)cc1)c1ccc(-c2ccccc2)cc1. The quantitative estimate of drug-likeness (QED) is 0.537. The number of aliphatic carboxylic acids is 1. The van der Waals surface area contributed by atoms with Crippen LogP contribution in [0.25, 0.3) is 16.7 Å². The van der Waals surface area contributed by atoms with Crippen LogP contribution in [0.15, 0.2) is 84.9 Å². The van der Waals surface area contributed by atoms with E-state index >= 15 is 0 Å². The van der Waals surface area contributed by atoms with Gasteiger partial charge in [-0.2, -0.15) is 0 Å². The Morgan fingerprint density at radius 1 is 0.846 bits per heavy atom. The fraction of sp³-hybridized carbons (Fsp3) is 0.0870. The molecule has 2 nitrogen and oxygen atoms in total. The Kier molecular flexibility index (Phi) is 5.88. The van der Waals surface area contributed by atoms with E-state index in [-0.39, 0.29) is 0 Å². The summed E-state index contributed by atoms with van der Waals surface area (Å²) in [4.78, 5) is 11.2. The van der Waals surface area contributed by atoms with E-state index in [0.29, 0.717) is 11.4 Å². The molecular formula is C23H19ClO2. The van der Waals surface area contributed by atoms with E-state index in [2.05, 4.69) is 12.1 Å². The zero-order valence-electron chi connectivity index (χ0n) is 14.2. The summed E-state index contributed by atoms with van der Waals surface area (Å²) in [6, 6.07) is 25.8. The van der Waals surface area contributed by atoms with Crippen molar-refractivity contribution in [2.75, 3.05) is 0 Å². The van der Waals surface area contributed by atoms with Crippen molar-refractivity contribution in [1.29, 1.82) is 0 Å². The largest absolute Gasteiger partial charge is 0.478 e. The van der Waals surface area contributed by atoms with Gasteiger partial charge in [-0.25, -0.2) is 4.79 Å². The van der Waals surface area contributed by atoms with E-state index in [0.717, 1.165) is 34.2 Å². The number of carbonyl (C=O) groups is 1. The highest BCUT2D eigenvalue weighted by molar-refractivity contribution is 6.30. The fourth-order valence-electron chi connectivity index (χ4n) is 2.89. The van der Waals surface area contributed by atoms with Gasteiger partial charge in [0, 0.05) is 11.1 Å². The first-order valence-electron chi connectivity index (χ1n) is 8.45. The number of carboxylic acids is 1. The minimum atomic E-state index is -0.928. The Morgan fingerprint density at radius 3 is 2.08 bits per heavy atom. The summed E-state index contributed by atoms with van der Waals surface area (Å²) < 4.78 is 0. The van der Waals surface area contributed by atoms with Crippen LogP contribution >= 0.6 is 11.6 Å². The molecule has 0 fully saturated rings. The number of allylic oxidation sites excluding steroid dienone is 1. The molecule has 3 aromatic rings. The van der Waals surface area contributed by atoms with E-state index in [1.54, 1.807) is 0 Å². The highest BCUT2D eigenvalue weighted by Crippen LogP contribution is 2.25. The maximum atomic E-state index is 11.2. The monoisotopic (exact) mass is 362 g/mol. The van der Waals surface area contributed by atoms with Gasteiger partial charge in [-0.05, 0) is 52.8 Å². The second kappa shape index (κ2) is 8.50. The maximum absolute atomic E-state index is 11.2. The van der Waals surface area contributed by atoms with Crippen LogP contribution in [0.1, 0.15) is 17.5 Å². The van der Waals surface area contributed by atoms with Gasteiger partial charge in [0.25, 0.3) is 0 Å². The zero-order chi connectivity index (χ0) is 18.4. The number of aryl methyl sites for hydroxylation is 1. The van der Waals surface area contributed by atoms with E-state index < -0.39 is 5.97 Å². The molecule has 0 radical (unpaired) electrons. The summed E-state index contributed by atoms with van der Waals surface area (Å²) in [6.45, 7) is 0. The lowest BCUT2D eigenvalue weighted by Gasteiger charge is -2.09. The lowest BCUT2D eigenvalue weighted by atomic mass is 9.96. The summed E-state index contributed by atoms with van der Waals surface area (Å²) in [6.07, 6.45) is 2.71. The molecule has 26 heavy (non-hydrogen) atoms. The normalized spacial score (nSPS) is 11.3. The molecule has 3 rings (SSSR count). The first kappa shape index (κ1) is 18.0. The molecule has 0 atom stereocenters. The third-order valence-corrected chi connectivity index (χ3v) is 4.51. The molecule has 0 saturated heterocycles. The fourth-order valence-corrected chi connectivity index (χ4v) is 3.01. The summed E-state index contributed by atoms with van der Waals surface area (Å²) in [5.41, 5.74) is 5.13. The maximum Gasteiger partial charge on any atom is 0.328 e. The third kappa shape index (κ3) is 4.84. The van der Waals surface area contributed by atoms with Gasteiger partial charge < -0.3 is 5.11 Å². The predicted molar refractivity (Wildman–Crippen MR) is 107 cm³/mol. The van der Waals surface area contributed by atoms with Crippen molar-refractivity contribution in [3.8, 4) is 11.1 Å². The third-order valence-electron chi connectivity index (χ3n) is 4.26. The summed E-state index contributed by atoms with van der Waals surface area (Å²) in [5.74, 6) is -0.928. The summed E-state index contributed by atoms with van der Waals surface area (Å²) >= 11 is 5.92. The van der Waals surface area contributed by atoms with E-state index in [4.69, 9.17) is 11.6 Å². The average Bonchev–Trinajstić information content (AvgIpc) is 2.67. The number of rotatable bonds is 6. The Morgan fingerprint density at radius 2 is 1.46 bits per heavy atom. The van der Waals surface area contributed by atoms with Crippen molar-refractivity contribution in [3.05, 3.63) is 101 Å². The van der Waals surface area contributed by atoms with Gasteiger partial charge >= 0.3 is 5.97 Å². The van der Waals surface area contributed by atoms with Gasteiger partial charge in [0.1, 0.15) is 0 Å². The Labute approximate surface area is 158 Å². The Bertz CT molecular complexity index is 895. The lowest BCUT2D eigenvalue weighted by Crippen LogP contribution is -1.95. The Hall–Kier alpha value is -2.84. The molecule has 0 bridgehead atoms. The first-order chi connectivity index (χ1) is 12.6. The smallest absolute Gasteiger partial charge is 0.328 e. The summed E-state index contributed by atoms with van der Waals surface area (Å²) in [5, 5.41) is 9.92. The van der Waals surface area contributed by atoms with Crippen LogP contribution < -0.4 is 0 Å². The minimum Gasteiger partial charge on any atom is -0.478 e. The van der Waals surface area contributed by atoms with Crippen molar-refractivity contribution in [1.82, 2.24) is 0 Å². The van der Waals surface area contributed by atoms with Crippen LogP contribution in [-0.2, 0) is 11.2 Å². The molecule has 130 valence electrons. The van der Waals surface area contributed by atoms with Crippen molar-refractivity contribution in [2.45, 2.75) is 12.8 Å². The minimum absolute atomic E-state index is 0.651. The average molecular weight is 363 g/mol. The molecule has 0 unspecified atom stereocenters. The molecule has 0 aliphatic heterocycles. The zero-order valence-corrected chi connectivity index (χ0v) is 15.0. The Balaban J connectivity index is 1.79. The van der Waals surface area contributed by atoms with E-state index in [9.17, 15) is 9.90 Å². The second-order valence-corrected chi connectivity index (χ2v) is 6.51. The van der Waals surface area contributed by atoms with Gasteiger partial charge in [-0.1, -0.05) is 78.3 Å². The number of hydrogen-bond donors (Lipinski definition) is 1. The lowest BCUT2D eigenvalue weighted by molar-refractivity contribution is -0.131. The van der Waals surface area contributed by atoms with Crippen molar-refractivity contribution in [2.24, 2.45) is 0 Å². The first-order valence-corrected chi connectivity index (χ1v) is 8.83. The van der Waals surface area contributed by atoms with Crippen LogP contribution in [0.2, 0.25) is 5.02 Å². The molecule has 3 aromatic carbocycles. The van der Waals surface area contributed by atoms with Gasteiger partial charge in [0.15, 0.2) is 0 Å².